The van der Waals surface area contributed by atoms with Gasteiger partial charge >= 0.3 is 0 Å². The molecule has 0 aliphatic carbocycles. The summed E-state index contributed by atoms with van der Waals surface area (Å²) < 4.78 is 5.37. The smallest absolute Gasteiger partial charge is 0.161 e. The van der Waals surface area contributed by atoms with Crippen LogP contribution in [-0.4, -0.2) is 21.8 Å². The van der Waals surface area contributed by atoms with Crippen LogP contribution < -0.4 is 4.74 Å². The first-order chi connectivity index (χ1) is 11.2. The van der Waals surface area contributed by atoms with Crippen molar-refractivity contribution in [3.8, 4) is 17.2 Å². The summed E-state index contributed by atoms with van der Waals surface area (Å²) in [4.78, 5) is 4.45. The van der Waals surface area contributed by atoms with Gasteiger partial charge in [-0.2, -0.15) is 0 Å². The molecule has 2 aromatic carbocycles. The molecule has 4 heteroatoms. The molecule has 0 aliphatic heterocycles. The molecule has 0 saturated carbocycles. The number of aromatic nitrogens is 1. The number of phenolic OH excluding ortho intramolecular Hbond substituents is 2. The maximum atomic E-state index is 9.88. The van der Waals surface area contributed by atoms with Crippen molar-refractivity contribution in [2.45, 2.75) is 6.92 Å². The third-order valence-electron chi connectivity index (χ3n) is 3.45. The Balaban J connectivity index is 1.91. The van der Waals surface area contributed by atoms with E-state index >= 15 is 0 Å². The van der Waals surface area contributed by atoms with Crippen molar-refractivity contribution in [2.75, 3.05) is 6.61 Å². The molecule has 0 bridgehead atoms. The van der Waals surface area contributed by atoms with Crippen LogP contribution in [0.2, 0.25) is 0 Å². The van der Waals surface area contributed by atoms with Crippen molar-refractivity contribution < 1.29 is 14.9 Å². The average Bonchev–Trinajstić information content (AvgIpc) is 2.56. The molecule has 4 nitrogen and oxygen atoms in total. The number of hydrogen-bond acceptors (Lipinski definition) is 4. The number of nitrogens with zero attached hydrogens (tertiary/aromatic N) is 1. The number of para-hydroxylation sites is 1. The third-order valence-corrected chi connectivity index (χ3v) is 3.45. The van der Waals surface area contributed by atoms with Crippen LogP contribution in [0.25, 0.3) is 23.1 Å². The highest BCUT2D eigenvalue weighted by Crippen LogP contribution is 2.28. The van der Waals surface area contributed by atoms with E-state index in [2.05, 4.69) is 4.98 Å². The van der Waals surface area contributed by atoms with Gasteiger partial charge in [-0.15, -0.1) is 0 Å². The molecule has 0 fully saturated rings. The lowest BCUT2D eigenvalue weighted by atomic mass is 10.1. The fourth-order valence-corrected chi connectivity index (χ4v) is 2.33. The van der Waals surface area contributed by atoms with Gasteiger partial charge in [0.15, 0.2) is 11.5 Å². The first-order valence-electron chi connectivity index (χ1n) is 7.40. The zero-order valence-electron chi connectivity index (χ0n) is 12.7. The average molecular weight is 307 g/mol. The summed E-state index contributed by atoms with van der Waals surface area (Å²) in [5, 5.41) is 20.5. The van der Waals surface area contributed by atoms with Crippen molar-refractivity contribution >= 4 is 23.1 Å². The lowest BCUT2D eigenvalue weighted by Crippen LogP contribution is -1.92. The van der Waals surface area contributed by atoms with Crippen LogP contribution in [0.4, 0.5) is 0 Å². The van der Waals surface area contributed by atoms with E-state index in [0.29, 0.717) is 17.9 Å². The first kappa shape index (κ1) is 14.9. The summed E-state index contributed by atoms with van der Waals surface area (Å²) in [6.45, 7) is 2.36. The summed E-state index contributed by atoms with van der Waals surface area (Å²) in [6.07, 6.45) is 3.74. The summed E-state index contributed by atoms with van der Waals surface area (Å²) in [5.74, 6) is 0.748. The van der Waals surface area contributed by atoms with Crippen LogP contribution in [0.15, 0.2) is 48.5 Å². The van der Waals surface area contributed by atoms with E-state index in [0.717, 1.165) is 16.6 Å². The van der Waals surface area contributed by atoms with Gasteiger partial charge < -0.3 is 14.9 Å². The summed E-state index contributed by atoms with van der Waals surface area (Å²) in [7, 11) is 0. The summed E-state index contributed by atoms with van der Waals surface area (Å²) in [5.41, 5.74) is 2.21. The molecule has 116 valence electrons. The summed E-state index contributed by atoms with van der Waals surface area (Å²) in [6, 6.07) is 14.3. The second-order valence-corrected chi connectivity index (χ2v) is 5.08. The molecule has 0 saturated heterocycles. The molecule has 3 aromatic rings. The lowest BCUT2D eigenvalue weighted by molar-refractivity contribution is 0.318. The Morgan fingerprint density at radius 3 is 2.70 bits per heavy atom. The maximum Gasteiger partial charge on any atom is 0.161 e. The van der Waals surface area contributed by atoms with E-state index in [1.54, 1.807) is 30.3 Å². The quantitative estimate of drug-likeness (QED) is 0.757. The normalized spacial score (nSPS) is 11.2. The van der Waals surface area contributed by atoms with Gasteiger partial charge in [-0.1, -0.05) is 30.3 Å². The molecule has 0 radical (unpaired) electrons. The van der Waals surface area contributed by atoms with E-state index in [9.17, 15) is 10.2 Å². The SMILES string of the molecule is CCOc1cc(/C=C/c2ccc3cccc(O)c3n2)ccc1O. The van der Waals surface area contributed by atoms with Crippen molar-refractivity contribution in [2.24, 2.45) is 0 Å². The van der Waals surface area contributed by atoms with Crippen LogP contribution in [0, 0.1) is 0 Å². The molecular weight excluding hydrogens is 290 g/mol. The van der Waals surface area contributed by atoms with E-state index in [-0.39, 0.29) is 11.5 Å². The Morgan fingerprint density at radius 2 is 1.87 bits per heavy atom. The second kappa shape index (κ2) is 6.40. The number of phenols is 2. The van der Waals surface area contributed by atoms with E-state index in [1.165, 1.54) is 0 Å². The molecule has 23 heavy (non-hydrogen) atoms. The zero-order valence-corrected chi connectivity index (χ0v) is 12.7. The number of pyridine rings is 1. The van der Waals surface area contributed by atoms with Crippen molar-refractivity contribution in [1.29, 1.82) is 0 Å². The minimum atomic E-state index is 0.123. The van der Waals surface area contributed by atoms with Gasteiger partial charge in [0.25, 0.3) is 0 Å². The first-order valence-corrected chi connectivity index (χ1v) is 7.40. The Hall–Kier alpha value is -3.01. The number of fused-ring (bicyclic) bond motifs is 1. The van der Waals surface area contributed by atoms with E-state index in [1.807, 2.05) is 37.3 Å². The topological polar surface area (TPSA) is 62.6 Å². The predicted molar refractivity (Wildman–Crippen MR) is 91.6 cm³/mol. The molecule has 0 atom stereocenters. The fourth-order valence-electron chi connectivity index (χ4n) is 2.33. The molecule has 0 aliphatic rings. The van der Waals surface area contributed by atoms with Gasteiger partial charge in [-0.25, -0.2) is 4.98 Å². The van der Waals surface area contributed by atoms with Crippen molar-refractivity contribution in [1.82, 2.24) is 4.98 Å². The fraction of sp³-hybridized carbons (Fsp3) is 0.105. The van der Waals surface area contributed by atoms with Gasteiger partial charge in [0.05, 0.1) is 12.3 Å². The Labute approximate surface area is 134 Å². The number of benzene rings is 2. The molecule has 1 aromatic heterocycles. The molecule has 1 heterocycles. The molecule has 0 unspecified atom stereocenters. The van der Waals surface area contributed by atoms with Gasteiger partial charge in [0.1, 0.15) is 11.3 Å². The van der Waals surface area contributed by atoms with Crippen molar-refractivity contribution in [3.63, 3.8) is 0 Å². The van der Waals surface area contributed by atoms with Crippen molar-refractivity contribution in [3.05, 3.63) is 59.8 Å². The predicted octanol–water partition coefficient (Wildman–Crippen LogP) is 4.22. The minimum absolute atomic E-state index is 0.123. The molecule has 0 amide bonds. The van der Waals surface area contributed by atoms with Crippen LogP contribution in [0.3, 0.4) is 0 Å². The maximum absolute atomic E-state index is 9.88. The highest BCUT2D eigenvalue weighted by atomic mass is 16.5. The molecule has 2 N–H and O–H groups in total. The second-order valence-electron chi connectivity index (χ2n) is 5.08. The van der Waals surface area contributed by atoms with Gasteiger partial charge in [0, 0.05) is 5.39 Å². The number of aromatic hydroxyl groups is 2. The summed E-state index contributed by atoms with van der Waals surface area (Å²) >= 11 is 0. The number of ether oxygens (including phenoxy) is 1. The number of hydrogen-bond donors (Lipinski definition) is 2. The largest absolute Gasteiger partial charge is 0.506 e. The van der Waals surface area contributed by atoms with Crippen LogP contribution in [0.1, 0.15) is 18.2 Å². The van der Waals surface area contributed by atoms with Crippen LogP contribution >= 0.6 is 0 Å². The minimum Gasteiger partial charge on any atom is -0.506 e. The highest BCUT2D eigenvalue weighted by molar-refractivity contribution is 5.85. The van der Waals surface area contributed by atoms with E-state index in [4.69, 9.17) is 4.74 Å². The van der Waals surface area contributed by atoms with Crippen LogP contribution in [0.5, 0.6) is 17.2 Å². The molecule has 3 rings (SSSR count). The zero-order chi connectivity index (χ0) is 16.2. The van der Waals surface area contributed by atoms with E-state index < -0.39 is 0 Å². The van der Waals surface area contributed by atoms with Gasteiger partial charge in [-0.05, 0) is 42.8 Å². The van der Waals surface area contributed by atoms with Gasteiger partial charge in [-0.3, -0.25) is 0 Å². The Morgan fingerprint density at radius 1 is 1.00 bits per heavy atom. The van der Waals surface area contributed by atoms with Gasteiger partial charge in [0.2, 0.25) is 0 Å². The Kier molecular flexibility index (Phi) is 4.15. The third kappa shape index (κ3) is 3.26. The molecule has 0 spiro atoms. The standard InChI is InChI=1S/C19H17NO3/c1-2-23-18-12-13(7-11-16(18)21)6-9-15-10-8-14-4-3-5-17(22)19(14)20-15/h3-12,21-22H,2H2,1H3/b9-6+. The molecular formula is C19H17NO3. The lowest BCUT2D eigenvalue weighted by Gasteiger charge is -2.06. The Bertz CT molecular complexity index is 872. The number of rotatable bonds is 4. The highest BCUT2D eigenvalue weighted by Gasteiger charge is 2.03. The van der Waals surface area contributed by atoms with Crippen LogP contribution in [-0.2, 0) is 0 Å². The monoisotopic (exact) mass is 307 g/mol.